The standard InChI is InChI=1S/C16H12Cl2FN3O2/c1-2-24-16(23)12-8-20-22-14(18)11(13(17)21-15(12)22)7-9-3-5-10(19)6-4-9/h3-6,8H,2,7H2,1H3. The first-order valence-corrected chi connectivity index (χ1v) is 7.90. The summed E-state index contributed by atoms with van der Waals surface area (Å²) in [5.74, 6) is -0.867. The van der Waals surface area contributed by atoms with E-state index in [2.05, 4.69) is 10.1 Å². The van der Waals surface area contributed by atoms with Crippen molar-refractivity contribution >= 4 is 34.8 Å². The number of nitrogens with zero attached hydrogens (tertiary/aromatic N) is 3. The predicted octanol–water partition coefficient (Wildman–Crippen LogP) is 3.94. The van der Waals surface area contributed by atoms with E-state index >= 15 is 0 Å². The lowest BCUT2D eigenvalue weighted by atomic mass is 10.1. The summed E-state index contributed by atoms with van der Waals surface area (Å²) in [6, 6.07) is 5.99. The van der Waals surface area contributed by atoms with Gasteiger partial charge in [-0.05, 0) is 24.6 Å². The molecule has 0 atom stereocenters. The second-order valence-corrected chi connectivity index (χ2v) is 5.71. The fourth-order valence-electron chi connectivity index (χ4n) is 2.27. The van der Waals surface area contributed by atoms with Crippen LogP contribution in [0.1, 0.15) is 28.4 Å². The highest BCUT2D eigenvalue weighted by molar-refractivity contribution is 6.35. The monoisotopic (exact) mass is 367 g/mol. The third kappa shape index (κ3) is 3.07. The van der Waals surface area contributed by atoms with E-state index in [0.29, 0.717) is 12.0 Å². The summed E-state index contributed by atoms with van der Waals surface area (Å²) in [5, 5.41) is 4.48. The summed E-state index contributed by atoms with van der Waals surface area (Å²) < 4.78 is 19.3. The lowest BCUT2D eigenvalue weighted by molar-refractivity contribution is 0.0528. The molecule has 0 aliphatic rings. The Morgan fingerprint density at radius 1 is 1.29 bits per heavy atom. The third-order valence-electron chi connectivity index (χ3n) is 3.42. The van der Waals surface area contributed by atoms with Crippen LogP contribution in [-0.4, -0.2) is 27.2 Å². The van der Waals surface area contributed by atoms with E-state index in [1.807, 2.05) is 0 Å². The van der Waals surface area contributed by atoms with Gasteiger partial charge < -0.3 is 4.74 Å². The molecule has 0 fully saturated rings. The van der Waals surface area contributed by atoms with E-state index in [-0.39, 0.29) is 33.9 Å². The van der Waals surface area contributed by atoms with Gasteiger partial charge in [0.2, 0.25) is 0 Å². The number of benzene rings is 1. The van der Waals surface area contributed by atoms with Crippen LogP contribution in [0.2, 0.25) is 10.3 Å². The fraction of sp³-hybridized carbons (Fsp3) is 0.188. The van der Waals surface area contributed by atoms with Crippen LogP contribution >= 0.6 is 23.2 Å². The van der Waals surface area contributed by atoms with Crippen LogP contribution < -0.4 is 0 Å². The third-order valence-corrected chi connectivity index (χ3v) is 4.12. The van der Waals surface area contributed by atoms with Crippen molar-refractivity contribution in [2.75, 3.05) is 6.61 Å². The molecule has 0 radical (unpaired) electrons. The molecule has 0 spiro atoms. The first-order valence-electron chi connectivity index (χ1n) is 7.14. The van der Waals surface area contributed by atoms with Crippen molar-refractivity contribution < 1.29 is 13.9 Å². The van der Waals surface area contributed by atoms with Crippen LogP contribution in [0, 0.1) is 5.82 Å². The van der Waals surface area contributed by atoms with E-state index in [1.165, 1.54) is 22.8 Å². The Bertz CT molecular complexity index is 910. The molecule has 0 aliphatic heterocycles. The molecule has 5 nitrogen and oxygen atoms in total. The summed E-state index contributed by atoms with van der Waals surface area (Å²) in [5.41, 5.74) is 1.77. The number of ether oxygens (including phenoxy) is 1. The number of aromatic nitrogens is 3. The molecule has 0 bridgehead atoms. The molecule has 0 saturated heterocycles. The Hall–Kier alpha value is -2.18. The van der Waals surface area contributed by atoms with E-state index in [9.17, 15) is 9.18 Å². The van der Waals surface area contributed by atoms with Gasteiger partial charge in [-0.2, -0.15) is 5.10 Å². The Morgan fingerprint density at radius 3 is 2.67 bits per heavy atom. The minimum atomic E-state index is -0.543. The molecule has 0 amide bonds. The van der Waals surface area contributed by atoms with Gasteiger partial charge >= 0.3 is 5.97 Å². The number of hydrogen-bond acceptors (Lipinski definition) is 4. The Morgan fingerprint density at radius 2 is 2.00 bits per heavy atom. The maximum absolute atomic E-state index is 13.0. The number of carbonyl (C=O) groups is 1. The summed E-state index contributed by atoms with van der Waals surface area (Å²) in [6.45, 7) is 1.94. The number of carbonyl (C=O) groups excluding carboxylic acids is 1. The number of hydrogen-bond donors (Lipinski definition) is 0. The summed E-state index contributed by atoms with van der Waals surface area (Å²) in [4.78, 5) is 16.1. The predicted molar refractivity (Wildman–Crippen MR) is 88.2 cm³/mol. The second kappa shape index (κ2) is 6.75. The SMILES string of the molecule is CCOC(=O)c1cnn2c(Cl)c(Cc3ccc(F)cc3)c(Cl)nc12. The van der Waals surface area contributed by atoms with Gasteiger partial charge in [0.1, 0.15) is 21.7 Å². The van der Waals surface area contributed by atoms with Crippen LogP contribution in [0.4, 0.5) is 4.39 Å². The van der Waals surface area contributed by atoms with Crippen molar-refractivity contribution in [3.8, 4) is 0 Å². The maximum atomic E-state index is 13.0. The molecule has 8 heteroatoms. The fourth-order valence-corrected chi connectivity index (χ4v) is 2.84. The average molecular weight is 368 g/mol. The van der Waals surface area contributed by atoms with E-state index < -0.39 is 5.97 Å². The molecule has 0 saturated carbocycles. The lowest BCUT2D eigenvalue weighted by Crippen LogP contribution is -2.06. The Labute approximate surface area is 147 Å². The molecule has 24 heavy (non-hydrogen) atoms. The van der Waals surface area contributed by atoms with Crippen molar-refractivity contribution in [2.45, 2.75) is 13.3 Å². The van der Waals surface area contributed by atoms with Crippen LogP contribution in [0.25, 0.3) is 5.65 Å². The topological polar surface area (TPSA) is 56.5 Å². The molecule has 0 N–H and O–H groups in total. The zero-order valence-corrected chi connectivity index (χ0v) is 14.1. The van der Waals surface area contributed by atoms with Crippen LogP contribution in [0.15, 0.2) is 30.5 Å². The quantitative estimate of drug-likeness (QED) is 0.517. The van der Waals surface area contributed by atoms with Gasteiger partial charge in [-0.25, -0.2) is 18.7 Å². The Balaban J connectivity index is 2.04. The number of fused-ring (bicyclic) bond motifs is 1. The first-order chi connectivity index (χ1) is 11.5. The number of rotatable bonds is 4. The molecule has 0 aliphatic carbocycles. The van der Waals surface area contributed by atoms with Crippen LogP contribution in [0.3, 0.4) is 0 Å². The molecule has 1 aromatic carbocycles. The van der Waals surface area contributed by atoms with Gasteiger partial charge in [-0.3, -0.25) is 0 Å². The number of halogens is 3. The van der Waals surface area contributed by atoms with Crippen molar-refractivity contribution in [3.63, 3.8) is 0 Å². The molecular formula is C16H12Cl2FN3O2. The van der Waals surface area contributed by atoms with E-state index in [0.717, 1.165) is 5.56 Å². The van der Waals surface area contributed by atoms with Gasteiger partial charge in [-0.15, -0.1) is 0 Å². The molecule has 0 unspecified atom stereocenters. The van der Waals surface area contributed by atoms with Crippen molar-refractivity contribution in [1.82, 2.24) is 14.6 Å². The minimum absolute atomic E-state index is 0.155. The van der Waals surface area contributed by atoms with Gasteiger partial charge in [0.15, 0.2) is 5.65 Å². The zero-order chi connectivity index (χ0) is 17.3. The van der Waals surface area contributed by atoms with Crippen molar-refractivity contribution in [2.24, 2.45) is 0 Å². The molecular weight excluding hydrogens is 356 g/mol. The summed E-state index contributed by atoms with van der Waals surface area (Å²) in [7, 11) is 0. The van der Waals surface area contributed by atoms with Crippen molar-refractivity contribution in [3.05, 3.63) is 63.3 Å². The van der Waals surface area contributed by atoms with Crippen LogP contribution in [-0.2, 0) is 11.2 Å². The Kier molecular flexibility index (Phi) is 4.69. The molecule has 3 rings (SSSR count). The normalized spacial score (nSPS) is 11.0. The summed E-state index contributed by atoms with van der Waals surface area (Å²) in [6.07, 6.45) is 1.69. The minimum Gasteiger partial charge on any atom is -0.462 e. The second-order valence-electron chi connectivity index (χ2n) is 4.99. The van der Waals surface area contributed by atoms with Gasteiger partial charge in [0.05, 0.1) is 12.8 Å². The first kappa shape index (κ1) is 16.7. The highest BCUT2D eigenvalue weighted by Crippen LogP contribution is 2.28. The average Bonchev–Trinajstić information content (AvgIpc) is 2.97. The van der Waals surface area contributed by atoms with Gasteiger partial charge in [0.25, 0.3) is 0 Å². The highest BCUT2D eigenvalue weighted by atomic mass is 35.5. The largest absolute Gasteiger partial charge is 0.462 e. The smallest absolute Gasteiger partial charge is 0.343 e. The molecule has 2 aromatic heterocycles. The highest BCUT2D eigenvalue weighted by Gasteiger charge is 2.20. The van der Waals surface area contributed by atoms with E-state index in [1.54, 1.807) is 19.1 Å². The van der Waals surface area contributed by atoms with E-state index in [4.69, 9.17) is 27.9 Å². The molecule has 2 heterocycles. The maximum Gasteiger partial charge on any atom is 0.343 e. The van der Waals surface area contributed by atoms with Crippen LogP contribution in [0.5, 0.6) is 0 Å². The lowest BCUT2D eigenvalue weighted by Gasteiger charge is -2.09. The van der Waals surface area contributed by atoms with Gasteiger partial charge in [-0.1, -0.05) is 35.3 Å². The molecule has 3 aromatic rings. The van der Waals surface area contributed by atoms with Gasteiger partial charge in [0, 0.05) is 12.0 Å². The molecule has 124 valence electrons. The van der Waals surface area contributed by atoms with Crippen molar-refractivity contribution in [1.29, 1.82) is 0 Å². The zero-order valence-electron chi connectivity index (χ0n) is 12.6. The number of esters is 1. The summed E-state index contributed by atoms with van der Waals surface area (Å²) >= 11 is 12.6.